The Morgan fingerprint density at radius 2 is 2.44 bits per heavy atom. The number of carbonyl (C=O) groups excluding carboxylic acids is 1. The van der Waals surface area contributed by atoms with Crippen LogP contribution < -0.4 is 0 Å². The summed E-state index contributed by atoms with van der Waals surface area (Å²) in [5, 5.41) is 8.75. The molecule has 16 heavy (non-hydrogen) atoms. The van der Waals surface area contributed by atoms with Crippen molar-refractivity contribution >= 4 is 5.91 Å². The first-order valence-corrected chi connectivity index (χ1v) is 5.42. The molecule has 1 saturated heterocycles. The van der Waals surface area contributed by atoms with E-state index >= 15 is 0 Å². The van der Waals surface area contributed by atoms with Crippen LogP contribution in [0, 0.1) is 24.2 Å². The van der Waals surface area contributed by atoms with Crippen LogP contribution in [0.2, 0.25) is 0 Å². The molecule has 0 spiro atoms. The first-order valence-electron chi connectivity index (χ1n) is 5.42. The lowest BCUT2D eigenvalue weighted by Gasteiger charge is -2.28. The Kier molecular flexibility index (Phi) is 2.95. The Bertz CT molecular complexity index is 430. The smallest absolute Gasteiger partial charge is 0.224 e. The number of hydrogen-bond acceptors (Lipinski definition) is 3. The summed E-state index contributed by atoms with van der Waals surface area (Å²) in [5.41, 5.74) is 0. The number of likely N-dealkylation sites (tertiary alicyclic amines) is 1. The fourth-order valence-corrected chi connectivity index (χ4v) is 1.91. The van der Waals surface area contributed by atoms with E-state index in [1.165, 1.54) is 0 Å². The van der Waals surface area contributed by atoms with Gasteiger partial charge in [0, 0.05) is 13.0 Å². The molecule has 1 aliphatic rings. The summed E-state index contributed by atoms with van der Waals surface area (Å²) in [7, 11) is 0. The van der Waals surface area contributed by atoms with Crippen molar-refractivity contribution in [1.82, 2.24) is 4.90 Å². The third kappa shape index (κ3) is 2.25. The van der Waals surface area contributed by atoms with Gasteiger partial charge in [-0.25, -0.2) is 0 Å². The molecule has 1 amide bonds. The molecule has 1 unspecified atom stereocenters. The van der Waals surface area contributed by atoms with Gasteiger partial charge in [0.2, 0.25) is 5.91 Å². The Morgan fingerprint density at radius 3 is 3.00 bits per heavy atom. The zero-order valence-corrected chi connectivity index (χ0v) is 9.27. The topological polar surface area (TPSA) is 57.2 Å². The van der Waals surface area contributed by atoms with Crippen molar-refractivity contribution < 1.29 is 9.21 Å². The molecule has 0 aromatic carbocycles. The predicted octanol–water partition coefficient (Wildman–Crippen LogP) is 1.85. The van der Waals surface area contributed by atoms with Crippen LogP contribution in [0.4, 0.5) is 0 Å². The van der Waals surface area contributed by atoms with Crippen LogP contribution >= 0.6 is 0 Å². The summed E-state index contributed by atoms with van der Waals surface area (Å²) >= 11 is 0. The lowest BCUT2D eigenvalue weighted by molar-refractivity contribution is -0.135. The molecule has 1 aromatic rings. The highest BCUT2D eigenvalue weighted by Crippen LogP contribution is 2.20. The van der Waals surface area contributed by atoms with Crippen molar-refractivity contribution in [2.45, 2.75) is 26.3 Å². The van der Waals surface area contributed by atoms with E-state index < -0.39 is 0 Å². The average molecular weight is 218 g/mol. The van der Waals surface area contributed by atoms with Crippen molar-refractivity contribution in [2.75, 3.05) is 6.54 Å². The highest BCUT2D eigenvalue weighted by atomic mass is 16.3. The van der Waals surface area contributed by atoms with Crippen LogP contribution in [0.3, 0.4) is 0 Å². The van der Waals surface area contributed by atoms with Crippen molar-refractivity contribution in [2.24, 2.45) is 5.92 Å². The van der Waals surface area contributed by atoms with Gasteiger partial charge < -0.3 is 9.32 Å². The van der Waals surface area contributed by atoms with E-state index in [0.717, 1.165) is 17.9 Å². The minimum atomic E-state index is -0.109. The molecule has 1 aliphatic heterocycles. The molecule has 0 saturated carbocycles. The van der Waals surface area contributed by atoms with Crippen molar-refractivity contribution in [3.05, 3.63) is 23.7 Å². The van der Waals surface area contributed by atoms with Crippen LogP contribution in [0.5, 0.6) is 0 Å². The summed E-state index contributed by atoms with van der Waals surface area (Å²) < 4.78 is 5.43. The van der Waals surface area contributed by atoms with Gasteiger partial charge in [0.05, 0.1) is 18.5 Å². The monoisotopic (exact) mass is 218 g/mol. The summed E-state index contributed by atoms with van der Waals surface area (Å²) in [6.07, 6.45) is 1.11. The van der Waals surface area contributed by atoms with Gasteiger partial charge in [0.1, 0.15) is 11.5 Å². The molecule has 0 N–H and O–H groups in total. The number of carbonyl (C=O) groups is 1. The number of aryl methyl sites for hydroxylation is 1. The van der Waals surface area contributed by atoms with Gasteiger partial charge in [-0.05, 0) is 25.5 Å². The van der Waals surface area contributed by atoms with E-state index in [9.17, 15) is 4.79 Å². The molecule has 0 bridgehead atoms. The first-order chi connectivity index (χ1) is 7.69. The highest BCUT2D eigenvalue weighted by Gasteiger charge is 2.26. The van der Waals surface area contributed by atoms with Crippen molar-refractivity contribution in [3.63, 3.8) is 0 Å². The third-order valence-corrected chi connectivity index (χ3v) is 2.85. The first kappa shape index (κ1) is 10.7. The fourth-order valence-electron chi connectivity index (χ4n) is 1.91. The molecular formula is C12H14N2O2. The summed E-state index contributed by atoms with van der Waals surface area (Å²) in [5.74, 6) is 1.60. The fraction of sp³-hybridized carbons (Fsp3) is 0.500. The average Bonchev–Trinajstić information content (AvgIpc) is 2.67. The largest absolute Gasteiger partial charge is 0.464 e. The van der Waals surface area contributed by atoms with Crippen LogP contribution in [0.1, 0.15) is 24.4 Å². The van der Waals surface area contributed by atoms with Gasteiger partial charge in [-0.3, -0.25) is 4.79 Å². The van der Waals surface area contributed by atoms with Crippen LogP contribution in [-0.4, -0.2) is 17.4 Å². The lowest BCUT2D eigenvalue weighted by atomic mass is 9.98. The Hall–Kier alpha value is -1.76. The van der Waals surface area contributed by atoms with Crippen LogP contribution in [0.15, 0.2) is 16.5 Å². The number of nitriles is 1. The second-order valence-electron chi connectivity index (χ2n) is 4.15. The highest BCUT2D eigenvalue weighted by molar-refractivity contribution is 5.77. The minimum Gasteiger partial charge on any atom is -0.464 e. The maximum atomic E-state index is 11.7. The van der Waals surface area contributed by atoms with Crippen molar-refractivity contribution in [3.8, 4) is 6.07 Å². The quantitative estimate of drug-likeness (QED) is 0.761. The number of piperidine rings is 1. The van der Waals surface area contributed by atoms with Gasteiger partial charge in [-0.1, -0.05) is 0 Å². The molecule has 0 radical (unpaired) electrons. The van der Waals surface area contributed by atoms with Gasteiger partial charge in [0.25, 0.3) is 0 Å². The summed E-state index contributed by atoms with van der Waals surface area (Å²) in [4.78, 5) is 13.5. The predicted molar refractivity (Wildman–Crippen MR) is 57.2 cm³/mol. The second kappa shape index (κ2) is 4.40. The summed E-state index contributed by atoms with van der Waals surface area (Å²) in [6.45, 7) is 3.05. The van der Waals surface area contributed by atoms with Crippen molar-refractivity contribution in [1.29, 1.82) is 5.26 Å². The number of nitrogens with zero attached hydrogens (tertiary/aromatic N) is 2. The SMILES string of the molecule is Cc1ccc(CN2CCC(C#N)CC2=O)o1. The Morgan fingerprint density at radius 1 is 1.62 bits per heavy atom. The van der Waals surface area contributed by atoms with E-state index in [4.69, 9.17) is 9.68 Å². The molecule has 2 rings (SSSR count). The molecule has 1 fully saturated rings. The maximum absolute atomic E-state index is 11.7. The Balaban J connectivity index is 1.97. The molecule has 84 valence electrons. The van der Waals surface area contributed by atoms with Crippen LogP contribution in [0.25, 0.3) is 0 Å². The zero-order valence-electron chi connectivity index (χ0n) is 9.27. The van der Waals surface area contributed by atoms with E-state index in [2.05, 4.69) is 6.07 Å². The van der Waals surface area contributed by atoms with Gasteiger partial charge in [-0.15, -0.1) is 0 Å². The van der Waals surface area contributed by atoms with Gasteiger partial charge in [-0.2, -0.15) is 5.26 Å². The molecule has 4 heteroatoms. The van der Waals surface area contributed by atoms with E-state index in [-0.39, 0.29) is 11.8 Å². The van der Waals surface area contributed by atoms with E-state index in [1.54, 1.807) is 4.90 Å². The van der Waals surface area contributed by atoms with Crippen LogP contribution in [-0.2, 0) is 11.3 Å². The van der Waals surface area contributed by atoms with Gasteiger partial charge in [0.15, 0.2) is 0 Å². The lowest BCUT2D eigenvalue weighted by Crippen LogP contribution is -2.37. The molecule has 1 atom stereocenters. The normalized spacial score (nSPS) is 20.9. The van der Waals surface area contributed by atoms with E-state index in [1.807, 2.05) is 19.1 Å². The number of amides is 1. The Labute approximate surface area is 94.5 Å². The third-order valence-electron chi connectivity index (χ3n) is 2.85. The van der Waals surface area contributed by atoms with E-state index in [0.29, 0.717) is 19.5 Å². The second-order valence-corrected chi connectivity index (χ2v) is 4.15. The number of furan rings is 1. The summed E-state index contributed by atoms with van der Waals surface area (Å²) in [6, 6.07) is 5.93. The molecular weight excluding hydrogens is 204 g/mol. The minimum absolute atomic E-state index is 0.0480. The molecule has 0 aliphatic carbocycles. The molecule has 4 nitrogen and oxygen atoms in total. The zero-order chi connectivity index (χ0) is 11.5. The standard InChI is InChI=1S/C12H14N2O2/c1-9-2-3-11(16-9)8-14-5-4-10(7-13)6-12(14)15/h2-3,10H,4-6,8H2,1H3. The number of hydrogen-bond donors (Lipinski definition) is 0. The molecule has 1 aromatic heterocycles. The maximum Gasteiger partial charge on any atom is 0.224 e. The van der Waals surface area contributed by atoms with Gasteiger partial charge >= 0.3 is 0 Å². The number of rotatable bonds is 2. The molecule has 2 heterocycles.